The number of nitrogens with one attached hydrogen (secondary N) is 1. The number of nitrogens with zero attached hydrogens (tertiary/aromatic N) is 2. The second-order valence-electron chi connectivity index (χ2n) is 8.58. The number of sulfonamides is 1. The molecule has 1 atom stereocenters. The van der Waals surface area contributed by atoms with Gasteiger partial charge in [0.15, 0.2) is 0 Å². The zero-order valence-corrected chi connectivity index (χ0v) is 19.0. The summed E-state index contributed by atoms with van der Waals surface area (Å²) in [5, 5.41) is 9.67. The zero-order chi connectivity index (χ0) is 21.6. The van der Waals surface area contributed by atoms with Gasteiger partial charge in [-0.05, 0) is 29.9 Å². The van der Waals surface area contributed by atoms with E-state index < -0.39 is 10.0 Å². The van der Waals surface area contributed by atoms with Crippen LogP contribution in [0.1, 0.15) is 80.6 Å². The molecule has 2 aromatic rings. The number of unbranched alkanes of at least 4 members (excludes halogenated alkanes) is 1. The van der Waals surface area contributed by atoms with E-state index in [1.54, 1.807) is 6.20 Å². The van der Waals surface area contributed by atoms with Crippen LogP contribution in [0.15, 0.2) is 30.5 Å². The molecule has 1 heterocycles. The molecular weight excluding hydrogens is 398 g/mol. The topological polar surface area (TPSA) is 84.2 Å². The minimum absolute atomic E-state index is 0.0288. The van der Waals surface area contributed by atoms with Gasteiger partial charge in [-0.25, -0.2) is 18.1 Å². The van der Waals surface area contributed by atoms with Gasteiger partial charge in [0.1, 0.15) is 5.82 Å². The first kappa shape index (κ1) is 23.0. The lowest BCUT2D eigenvalue weighted by molar-refractivity contribution is 0.271. The number of hydrogen-bond acceptors (Lipinski definition) is 4. The minimum Gasteiger partial charge on any atom is -0.390 e. The van der Waals surface area contributed by atoms with Crippen LogP contribution in [0.4, 0.5) is 0 Å². The summed E-state index contributed by atoms with van der Waals surface area (Å²) in [6, 6.07) is 8.01. The summed E-state index contributed by atoms with van der Waals surface area (Å²) in [4.78, 5) is 4.49. The van der Waals surface area contributed by atoms with Crippen LogP contribution in [0.3, 0.4) is 0 Å². The summed E-state index contributed by atoms with van der Waals surface area (Å²) in [5.74, 6) is 1.59. The molecule has 0 aliphatic heterocycles. The van der Waals surface area contributed by atoms with Gasteiger partial charge in [0.25, 0.3) is 0 Å². The van der Waals surface area contributed by atoms with Gasteiger partial charge < -0.3 is 9.67 Å². The van der Waals surface area contributed by atoms with E-state index in [2.05, 4.69) is 33.3 Å². The summed E-state index contributed by atoms with van der Waals surface area (Å²) in [5.41, 5.74) is 2.95. The van der Waals surface area contributed by atoms with Gasteiger partial charge in [0.05, 0.1) is 24.8 Å². The van der Waals surface area contributed by atoms with Gasteiger partial charge in [-0.1, -0.05) is 63.3 Å². The Morgan fingerprint density at radius 2 is 1.93 bits per heavy atom. The maximum atomic E-state index is 11.9. The van der Waals surface area contributed by atoms with Gasteiger partial charge in [-0.2, -0.15) is 0 Å². The fraction of sp³-hybridized carbons (Fsp3) is 0.609. The van der Waals surface area contributed by atoms with E-state index in [0.29, 0.717) is 12.5 Å². The largest absolute Gasteiger partial charge is 0.390 e. The molecule has 1 aromatic carbocycles. The summed E-state index contributed by atoms with van der Waals surface area (Å²) in [7, 11) is -3.28. The third kappa shape index (κ3) is 6.40. The fourth-order valence-corrected chi connectivity index (χ4v) is 5.18. The van der Waals surface area contributed by atoms with E-state index in [4.69, 9.17) is 0 Å². The third-order valence-corrected chi connectivity index (χ3v) is 6.77. The first-order chi connectivity index (χ1) is 14.4. The van der Waals surface area contributed by atoms with Crippen LogP contribution in [-0.4, -0.2) is 29.3 Å². The highest BCUT2D eigenvalue weighted by atomic mass is 32.2. The van der Waals surface area contributed by atoms with Crippen molar-refractivity contribution in [1.82, 2.24) is 14.3 Å². The SMILES string of the molecule is CCCCc1ncc(CO)n1Cc1ccc(C(CC2CCCC2)NS(C)(=O)=O)cc1. The predicted octanol–water partition coefficient (Wildman–Crippen LogP) is 3.94. The lowest BCUT2D eigenvalue weighted by atomic mass is 9.94. The fourth-order valence-electron chi connectivity index (χ4n) is 4.44. The molecule has 0 saturated heterocycles. The second-order valence-corrected chi connectivity index (χ2v) is 10.4. The van der Waals surface area contributed by atoms with E-state index in [-0.39, 0.29) is 12.6 Å². The van der Waals surface area contributed by atoms with Crippen molar-refractivity contribution in [1.29, 1.82) is 0 Å². The summed E-state index contributed by atoms with van der Waals surface area (Å²) in [6.45, 7) is 2.78. The minimum atomic E-state index is -3.28. The van der Waals surface area contributed by atoms with Crippen LogP contribution in [0, 0.1) is 5.92 Å². The maximum absolute atomic E-state index is 11.9. The van der Waals surface area contributed by atoms with E-state index in [9.17, 15) is 13.5 Å². The van der Waals surface area contributed by atoms with E-state index in [1.165, 1.54) is 31.9 Å². The molecule has 1 aliphatic carbocycles. The van der Waals surface area contributed by atoms with Crippen molar-refractivity contribution in [2.75, 3.05) is 6.26 Å². The molecule has 7 heteroatoms. The van der Waals surface area contributed by atoms with Crippen molar-refractivity contribution >= 4 is 10.0 Å². The average Bonchev–Trinajstić information content (AvgIpc) is 3.35. The highest BCUT2D eigenvalue weighted by molar-refractivity contribution is 7.88. The molecule has 2 N–H and O–H groups in total. The van der Waals surface area contributed by atoms with Crippen molar-refractivity contribution in [2.45, 2.75) is 77.5 Å². The molecule has 0 amide bonds. The standard InChI is InChI=1S/C23H35N3O3S/c1-3-4-9-23-24-15-21(17-27)26(23)16-19-10-12-20(13-11-19)22(25-30(2,28)29)14-18-7-5-6-8-18/h10-13,15,18,22,25,27H,3-9,14,16-17H2,1-2H3. The zero-order valence-electron chi connectivity index (χ0n) is 18.2. The van der Waals surface area contributed by atoms with E-state index >= 15 is 0 Å². The number of imidazole rings is 1. The lowest BCUT2D eigenvalue weighted by Gasteiger charge is -2.22. The Morgan fingerprint density at radius 3 is 2.53 bits per heavy atom. The first-order valence-electron chi connectivity index (χ1n) is 11.1. The number of hydrogen-bond donors (Lipinski definition) is 2. The Balaban J connectivity index is 1.76. The van der Waals surface area contributed by atoms with Crippen molar-refractivity contribution < 1.29 is 13.5 Å². The van der Waals surface area contributed by atoms with Crippen molar-refractivity contribution in [2.24, 2.45) is 5.92 Å². The van der Waals surface area contributed by atoms with Gasteiger partial charge in [-0.15, -0.1) is 0 Å². The highest BCUT2D eigenvalue weighted by Gasteiger charge is 2.23. The lowest BCUT2D eigenvalue weighted by Crippen LogP contribution is -2.28. The third-order valence-electron chi connectivity index (χ3n) is 6.06. The van der Waals surface area contributed by atoms with E-state index in [0.717, 1.165) is 48.3 Å². The highest BCUT2D eigenvalue weighted by Crippen LogP contribution is 2.33. The van der Waals surface area contributed by atoms with Crippen LogP contribution in [0.5, 0.6) is 0 Å². The van der Waals surface area contributed by atoms with Gasteiger partial charge >= 0.3 is 0 Å². The molecule has 166 valence electrons. The predicted molar refractivity (Wildman–Crippen MR) is 120 cm³/mol. The molecule has 0 spiro atoms. The average molecular weight is 434 g/mol. The Bertz CT molecular complexity index is 900. The number of aryl methyl sites for hydroxylation is 1. The van der Waals surface area contributed by atoms with Gasteiger partial charge in [0, 0.05) is 19.0 Å². The maximum Gasteiger partial charge on any atom is 0.209 e. The molecule has 0 radical (unpaired) electrons. The van der Waals surface area contributed by atoms with E-state index in [1.807, 2.05) is 12.1 Å². The molecule has 30 heavy (non-hydrogen) atoms. The van der Waals surface area contributed by atoms with Crippen LogP contribution in [0.2, 0.25) is 0 Å². The van der Waals surface area contributed by atoms with Crippen LogP contribution >= 0.6 is 0 Å². The molecule has 1 unspecified atom stereocenters. The van der Waals surface area contributed by atoms with Gasteiger partial charge in [0.2, 0.25) is 10.0 Å². The normalized spacial score (nSPS) is 16.2. The summed E-state index contributed by atoms with van der Waals surface area (Å²) >= 11 is 0. The summed E-state index contributed by atoms with van der Waals surface area (Å²) in [6.07, 6.45) is 11.8. The Morgan fingerprint density at radius 1 is 1.23 bits per heavy atom. The number of aliphatic hydroxyl groups excluding tert-OH is 1. The first-order valence-corrected chi connectivity index (χ1v) is 13.0. The molecule has 1 fully saturated rings. The van der Waals surface area contributed by atoms with Crippen LogP contribution in [-0.2, 0) is 29.6 Å². The van der Waals surface area contributed by atoms with Crippen LogP contribution in [0.25, 0.3) is 0 Å². The molecule has 3 rings (SSSR count). The molecule has 1 aromatic heterocycles. The summed E-state index contributed by atoms with van der Waals surface area (Å²) < 4.78 is 28.8. The van der Waals surface area contributed by atoms with Gasteiger partial charge in [-0.3, -0.25) is 0 Å². The molecule has 1 aliphatic rings. The monoisotopic (exact) mass is 433 g/mol. The van der Waals surface area contributed by atoms with Crippen LogP contribution < -0.4 is 4.72 Å². The number of aliphatic hydroxyl groups is 1. The second kappa shape index (κ2) is 10.6. The molecular formula is C23H35N3O3S. The quantitative estimate of drug-likeness (QED) is 0.562. The molecule has 0 bridgehead atoms. The Kier molecular flexibility index (Phi) is 8.08. The Labute approximate surface area is 180 Å². The molecule has 1 saturated carbocycles. The number of aromatic nitrogens is 2. The van der Waals surface area contributed by atoms with Crippen molar-refractivity contribution in [3.63, 3.8) is 0 Å². The van der Waals surface area contributed by atoms with Crippen molar-refractivity contribution in [3.05, 3.63) is 53.1 Å². The number of benzene rings is 1. The smallest absolute Gasteiger partial charge is 0.209 e. The molecule has 6 nitrogen and oxygen atoms in total. The number of rotatable bonds is 11. The van der Waals surface area contributed by atoms with Crippen molar-refractivity contribution in [3.8, 4) is 0 Å². The Hall–Kier alpha value is -1.70.